The lowest BCUT2D eigenvalue weighted by Crippen LogP contribution is -2.00. The largest absolute Gasteiger partial charge is 0.504 e. The second-order valence-corrected chi connectivity index (χ2v) is 6.04. The fourth-order valence-corrected chi connectivity index (χ4v) is 2.90. The minimum Gasteiger partial charge on any atom is -0.504 e. The summed E-state index contributed by atoms with van der Waals surface area (Å²) in [6, 6.07) is 21.4. The van der Waals surface area contributed by atoms with Gasteiger partial charge >= 0.3 is 0 Å². The van der Waals surface area contributed by atoms with Crippen molar-refractivity contribution in [1.82, 2.24) is 9.97 Å². The predicted octanol–water partition coefficient (Wildman–Crippen LogP) is 4.56. The van der Waals surface area contributed by atoms with Crippen LogP contribution in [-0.2, 0) is 6.54 Å². The number of rotatable bonds is 5. The molecule has 1 aromatic heterocycles. The van der Waals surface area contributed by atoms with E-state index in [4.69, 9.17) is 4.74 Å². The second-order valence-electron chi connectivity index (χ2n) is 6.04. The smallest absolute Gasteiger partial charge is 0.160 e. The molecule has 0 amide bonds. The van der Waals surface area contributed by atoms with Gasteiger partial charge in [-0.25, -0.2) is 4.98 Å². The van der Waals surface area contributed by atoms with E-state index in [1.54, 1.807) is 13.2 Å². The number of benzene rings is 3. The molecule has 5 nitrogen and oxygen atoms in total. The van der Waals surface area contributed by atoms with Gasteiger partial charge in [0.2, 0.25) is 0 Å². The Kier molecular flexibility index (Phi) is 4.19. The zero-order chi connectivity index (χ0) is 17.9. The molecule has 0 spiro atoms. The number of anilines is 1. The Hall–Kier alpha value is -3.47. The van der Waals surface area contributed by atoms with Gasteiger partial charge in [-0.1, -0.05) is 30.3 Å². The van der Waals surface area contributed by atoms with Crippen LogP contribution < -0.4 is 10.1 Å². The Morgan fingerprint density at radius 3 is 2.77 bits per heavy atom. The third-order valence-electron chi connectivity index (χ3n) is 4.27. The summed E-state index contributed by atoms with van der Waals surface area (Å²) in [7, 11) is 1.54. The highest BCUT2D eigenvalue weighted by molar-refractivity contribution is 5.79. The highest BCUT2D eigenvalue weighted by Gasteiger charge is 2.06. The fourth-order valence-electron chi connectivity index (χ4n) is 2.90. The maximum Gasteiger partial charge on any atom is 0.160 e. The van der Waals surface area contributed by atoms with Gasteiger partial charge in [-0.15, -0.1) is 0 Å². The molecule has 4 rings (SSSR count). The predicted molar refractivity (Wildman–Crippen MR) is 104 cm³/mol. The number of phenolic OH excluding ortho intramolecular Hbond substituents is 1. The molecule has 0 bridgehead atoms. The zero-order valence-electron chi connectivity index (χ0n) is 14.4. The monoisotopic (exact) mass is 345 g/mol. The third-order valence-corrected chi connectivity index (χ3v) is 4.27. The average molecular weight is 345 g/mol. The van der Waals surface area contributed by atoms with E-state index in [1.165, 1.54) is 0 Å². The molecule has 0 radical (unpaired) electrons. The normalized spacial score (nSPS) is 10.8. The molecule has 0 aliphatic heterocycles. The topological polar surface area (TPSA) is 70.2 Å². The average Bonchev–Trinajstić information content (AvgIpc) is 3.12. The number of hydrogen-bond acceptors (Lipinski definition) is 4. The number of aromatic nitrogens is 2. The van der Waals surface area contributed by atoms with Gasteiger partial charge in [-0.3, -0.25) is 0 Å². The highest BCUT2D eigenvalue weighted by Crippen LogP contribution is 2.27. The summed E-state index contributed by atoms with van der Waals surface area (Å²) in [5.41, 5.74) is 5.02. The minimum absolute atomic E-state index is 0.142. The molecule has 0 atom stereocenters. The zero-order valence-corrected chi connectivity index (χ0v) is 14.4. The van der Waals surface area contributed by atoms with Gasteiger partial charge in [0.1, 0.15) is 5.82 Å². The first kappa shape index (κ1) is 16.0. The second kappa shape index (κ2) is 6.80. The molecular weight excluding hydrogens is 326 g/mol. The number of aromatic hydroxyl groups is 1. The molecular formula is C21H19N3O2. The van der Waals surface area contributed by atoms with Crippen LogP contribution >= 0.6 is 0 Å². The van der Waals surface area contributed by atoms with E-state index >= 15 is 0 Å². The Bertz CT molecular complexity index is 1020. The van der Waals surface area contributed by atoms with Crippen molar-refractivity contribution in [2.75, 3.05) is 12.4 Å². The molecule has 0 unspecified atom stereocenters. The van der Waals surface area contributed by atoms with Gasteiger partial charge < -0.3 is 20.1 Å². The van der Waals surface area contributed by atoms with Crippen LogP contribution in [0.3, 0.4) is 0 Å². The molecule has 0 saturated carbocycles. The van der Waals surface area contributed by atoms with Gasteiger partial charge in [-0.05, 0) is 42.0 Å². The van der Waals surface area contributed by atoms with Crippen molar-refractivity contribution in [2.24, 2.45) is 0 Å². The Morgan fingerprint density at radius 1 is 1.04 bits per heavy atom. The van der Waals surface area contributed by atoms with E-state index in [1.807, 2.05) is 54.6 Å². The van der Waals surface area contributed by atoms with E-state index in [2.05, 4.69) is 21.4 Å². The maximum absolute atomic E-state index is 9.69. The van der Waals surface area contributed by atoms with Crippen molar-refractivity contribution in [3.05, 3.63) is 72.3 Å². The van der Waals surface area contributed by atoms with Crippen LogP contribution in [-0.4, -0.2) is 22.2 Å². The van der Waals surface area contributed by atoms with Crippen LogP contribution in [0.1, 0.15) is 5.56 Å². The van der Waals surface area contributed by atoms with Gasteiger partial charge in [0, 0.05) is 17.8 Å². The van der Waals surface area contributed by atoms with Crippen molar-refractivity contribution in [1.29, 1.82) is 0 Å². The first-order valence-electron chi connectivity index (χ1n) is 8.38. The van der Waals surface area contributed by atoms with Crippen molar-refractivity contribution >= 4 is 16.7 Å². The number of nitrogens with one attached hydrogen (secondary N) is 2. The molecule has 0 aliphatic carbocycles. The number of nitrogens with zero attached hydrogens (tertiary/aromatic N) is 1. The Morgan fingerprint density at radius 2 is 1.92 bits per heavy atom. The van der Waals surface area contributed by atoms with Crippen molar-refractivity contribution in [3.8, 4) is 22.9 Å². The summed E-state index contributed by atoms with van der Waals surface area (Å²) in [4.78, 5) is 8.00. The molecule has 5 heteroatoms. The number of H-pyrrole nitrogens is 1. The van der Waals surface area contributed by atoms with Crippen LogP contribution in [0.5, 0.6) is 11.5 Å². The lowest BCUT2D eigenvalue weighted by Gasteiger charge is -2.10. The first-order valence-corrected chi connectivity index (χ1v) is 8.38. The molecule has 26 heavy (non-hydrogen) atoms. The molecule has 0 saturated heterocycles. The standard InChI is InChI=1S/C21H19N3O2/c1-26-20-11-14(9-10-19(20)25)13-22-16-6-4-5-15(12-16)21-23-17-7-2-3-8-18(17)24-21/h2-12,22,25H,13H2,1H3,(H,23,24). The van der Waals surface area contributed by atoms with Crippen molar-refractivity contribution < 1.29 is 9.84 Å². The fraction of sp³-hybridized carbons (Fsp3) is 0.0952. The number of aromatic amines is 1. The number of hydrogen-bond donors (Lipinski definition) is 3. The number of methoxy groups -OCH3 is 1. The number of phenols is 1. The summed E-state index contributed by atoms with van der Waals surface area (Å²) < 4.78 is 5.15. The molecule has 1 heterocycles. The van der Waals surface area contributed by atoms with Gasteiger partial charge in [0.15, 0.2) is 11.5 Å². The van der Waals surface area contributed by atoms with Crippen LogP contribution in [0.2, 0.25) is 0 Å². The Balaban J connectivity index is 1.54. The minimum atomic E-state index is 0.142. The van der Waals surface area contributed by atoms with Crippen LogP contribution in [0.15, 0.2) is 66.7 Å². The molecule has 130 valence electrons. The summed E-state index contributed by atoms with van der Waals surface area (Å²) in [6.45, 7) is 0.625. The van der Waals surface area contributed by atoms with Crippen LogP contribution in [0, 0.1) is 0 Å². The van der Waals surface area contributed by atoms with E-state index in [-0.39, 0.29) is 5.75 Å². The van der Waals surface area contributed by atoms with Gasteiger partial charge in [0.05, 0.1) is 18.1 Å². The summed E-state index contributed by atoms with van der Waals surface area (Å²) in [6.07, 6.45) is 0. The SMILES string of the molecule is COc1cc(CNc2cccc(-c3nc4ccccc4[nH]3)c2)ccc1O. The third kappa shape index (κ3) is 3.19. The maximum atomic E-state index is 9.69. The number of para-hydroxylation sites is 2. The Labute approximate surface area is 151 Å². The van der Waals surface area contributed by atoms with Gasteiger partial charge in [-0.2, -0.15) is 0 Å². The van der Waals surface area contributed by atoms with Crippen molar-refractivity contribution in [3.63, 3.8) is 0 Å². The molecule has 3 aromatic carbocycles. The van der Waals surface area contributed by atoms with Gasteiger partial charge in [0.25, 0.3) is 0 Å². The lowest BCUT2D eigenvalue weighted by atomic mass is 10.1. The summed E-state index contributed by atoms with van der Waals surface area (Å²) in [5.74, 6) is 1.46. The van der Waals surface area contributed by atoms with Crippen molar-refractivity contribution in [2.45, 2.75) is 6.54 Å². The summed E-state index contributed by atoms with van der Waals surface area (Å²) >= 11 is 0. The highest BCUT2D eigenvalue weighted by atomic mass is 16.5. The number of fused-ring (bicyclic) bond motifs is 1. The van der Waals surface area contributed by atoms with E-state index in [0.29, 0.717) is 12.3 Å². The number of imidazole rings is 1. The quantitative estimate of drug-likeness (QED) is 0.496. The molecule has 0 aliphatic rings. The van der Waals surface area contributed by atoms with Crippen LogP contribution in [0.4, 0.5) is 5.69 Å². The molecule has 0 fully saturated rings. The van der Waals surface area contributed by atoms with E-state index < -0.39 is 0 Å². The van der Waals surface area contributed by atoms with Crippen LogP contribution in [0.25, 0.3) is 22.4 Å². The molecule has 3 N–H and O–H groups in total. The van der Waals surface area contributed by atoms with E-state index in [9.17, 15) is 5.11 Å². The number of ether oxygens (including phenoxy) is 1. The summed E-state index contributed by atoms with van der Waals surface area (Å²) in [5, 5.41) is 13.1. The van der Waals surface area contributed by atoms with E-state index in [0.717, 1.165) is 33.7 Å². The molecule has 4 aromatic rings. The first-order chi connectivity index (χ1) is 12.7. The lowest BCUT2D eigenvalue weighted by molar-refractivity contribution is 0.373.